The summed E-state index contributed by atoms with van der Waals surface area (Å²) in [6, 6.07) is 8.30. The Morgan fingerprint density at radius 1 is 1.21 bits per heavy atom. The number of para-hydroxylation sites is 1. The molecule has 0 aromatic heterocycles. The van der Waals surface area contributed by atoms with Gasteiger partial charge in [-0.25, -0.2) is 0 Å². The highest BCUT2D eigenvalue weighted by atomic mass is 31.1. The van der Waals surface area contributed by atoms with Gasteiger partial charge in [0.25, 0.3) is 0 Å². The number of allylic oxidation sites excluding steroid dienone is 4. The van der Waals surface area contributed by atoms with Crippen molar-refractivity contribution in [2.45, 2.75) is 12.8 Å². The van der Waals surface area contributed by atoms with Crippen molar-refractivity contribution in [3.05, 3.63) is 47.3 Å². The molecule has 0 amide bonds. The Bertz CT molecular complexity index is 432. The summed E-state index contributed by atoms with van der Waals surface area (Å²) in [4.78, 5) is 0. The predicted octanol–water partition coefficient (Wildman–Crippen LogP) is 3.73. The molecule has 1 atom stereocenters. The van der Waals surface area contributed by atoms with Gasteiger partial charge in [-0.15, -0.1) is 0 Å². The average molecular weight is 202 g/mol. The first kappa shape index (κ1) is 8.26. The fraction of sp³-hybridized carbons (Fsp3) is 0.167. The first-order chi connectivity index (χ1) is 6.95. The van der Waals surface area contributed by atoms with Gasteiger partial charge in [0.2, 0.25) is 0 Å². The fourth-order valence-corrected chi connectivity index (χ4v) is 2.90. The van der Waals surface area contributed by atoms with Crippen molar-refractivity contribution in [2.24, 2.45) is 0 Å². The Kier molecular flexibility index (Phi) is 1.92. The second kappa shape index (κ2) is 3.25. The van der Waals surface area contributed by atoms with Crippen molar-refractivity contribution in [2.75, 3.05) is 0 Å². The topological polar surface area (TPSA) is 9.23 Å². The Hall–Kier alpha value is -1.07. The molecule has 0 saturated carbocycles. The maximum absolute atomic E-state index is 5.73. The molecule has 1 aliphatic carbocycles. The number of fused-ring (bicyclic) bond motifs is 2. The van der Waals surface area contributed by atoms with Crippen molar-refractivity contribution in [1.82, 2.24) is 0 Å². The summed E-state index contributed by atoms with van der Waals surface area (Å²) in [7, 11) is 0.527. The quantitative estimate of drug-likeness (QED) is 0.582. The highest BCUT2D eigenvalue weighted by molar-refractivity contribution is 7.38. The summed E-state index contributed by atoms with van der Waals surface area (Å²) in [5, 5.41) is 1.48. The second-order valence-electron chi connectivity index (χ2n) is 3.53. The lowest BCUT2D eigenvalue weighted by molar-refractivity contribution is 0.627. The van der Waals surface area contributed by atoms with E-state index in [1.165, 1.54) is 22.9 Å². The van der Waals surface area contributed by atoms with E-state index in [1.807, 2.05) is 6.07 Å². The van der Waals surface area contributed by atoms with E-state index in [9.17, 15) is 0 Å². The molecule has 70 valence electrons. The summed E-state index contributed by atoms with van der Waals surface area (Å²) in [6.45, 7) is 0. The van der Waals surface area contributed by atoms with Crippen LogP contribution in [0.2, 0.25) is 0 Å². The van der Waals surface area contributed by atoms with Crippen molar-refractivity contribution >= 4 is 14.4 Å². The third-order valence-corrected chi connectivity index (χ3v) is 3.72. The normalized spacial score (nSPS) is 20.3. The molecular formula is C12H11OP. The van der Waals surface area contributed by atoms with Gasteiger partial charge in [-0.3, -0.25) is 0 Å². The van der Waals surface area contributed by atoms with Gasteiger partial charge in [-0.05, 0) is 29.8 Å². The molecule has 1 unspecified atom stereocenters. The van der Waals surface area contributed by atoms with Gasteiger partial charge < -0.3 is 4.52 Å². The van der Waals surface area contributed by atoms with E-state index in [1.54, 1.807) is 0 Å². The van der Waals surface area contributed by atoms with Gasteiger partial charge in [0, 0.05) is 5.56 Å². The molecule has 1 aliphatic heterocycles. The van der Waals surface area contributed by atoms with Gasteiger partial charge in [0.05, 0.1) is 0 Å². The molecule has 14 heavy (non-hydrogen) atoms. The monoisotopic (exact) mass is 202 g/mol. The molecule has 3 rings (SSSR count). The zero-order valence-electron chi connectivity index (χ0n) is 7.79. The minimum absolute atomic E-state index is 0.527. The van der Waals surface area contributed by atoms with Crippen LogP contribution >= 0.6 is 8.81 Å². The molecule has 2 heteroatoms. The van der Waals surface area contributed by atoms with E-state index < -0.39 is 0 Å². The molecule has 0 fully saturated rings. The largest absolute Gasteiger partial charge is 0.472 e. The van der Waals surface area contributed by atoms with Gasteiger partial charge in [-0.2, -0.15) is 0 Å². The lowest BCUT2D eigenvalue weighted by Gasteiger charge is -2.23. The Labute approximate surface area is 85.3 Å². The molecule has 1 heterocycles. The number of hydrogen-bond acceptors (Lipinski definition) is 1. The Balaban J connectivity index is 2.19. The summed E-state index contributed by atoms with van der Waals surface area (Å²) in [5.74, 6) is 1.04. The summed E-state index contributed by atoms with van der Waals surface area (Å²) < 4.78 is 5.73. The maximum atomic E-state index is 5.73. The zero-order chi connectivity index (χ0) is 9.38. The van der Waals surface area contributed by atoms with Crippen molar-refractivity contribution in [1.29, 1.82) is 0 Å². The number of hydrogen-bond donors (Lipinski definition) is 0. The minimum atomic E-state index is 0.527. The third kappa shape index (κ3) is 1.20. The molecular weight excluding hydrogens is 191 g/mol. The highest BCUT2D eigenvalue weighted by Crippen LogP contribution is 2.47. The first-order valence-corrected chi connectivity index (χ1v) is 5.78. The second-order valence-corrected chi connectivity index (χ2v) is 4.55. The molecule has 1 nitrogen and oxygen atoms in total. The molecule has 1 aromatic carbocycles. The van der Waals surface area contributed by atoms with Crippen LogP contribution < -0.4 is 4.52 Å². The van der Waals surface area contributed by atoms with E-state index in [4.69, 9.17) is 4.52 Å². The van der Waals surface area contributed by atoms with Crippen LogP contribution in [0.5, 0.6) is 5.75 Å². The van der Waals surface area contributed by atoms with Crippen LogP contribution in [0.4, 0.5) is 0 Å². The molecule has 0 spiro atoms. The summed E-state index contributed by atoms with van der Waals surface area (Å²) >= 11 is 0. The number of benzene rings is 1. The zero-order valence-corrected chi connectivity index (χ0v) is 8.79. The van der Waals surface area contributed by atoms with Crippen molar-refractivity contribution in [3.8, 4) is 5.75 Å². The predicted molar refractivity (Wildman–Crippen MR) is 60.7 cm³/mol. The van der Waals surface area contributed by atoms with Crippen LogP contribution in [0.3, 0.4) is 0 Å². The van der Waals surface area contributed by atoms with Crippen LogP contribution in [0.1, 0.15) is 18.4 Å². The SMILES string of the molecule is C1=CC2=C(CC1)POc1ccccc12. The summed E-state index contributed by atoms with van der Waals surface area (Å²) in [6.07, 6.45) is 6.83. The van der Waals surface area contributed by atoms with Crippen LogP contribution in [-0.4, -0.2) is 0 Å². The highest BCUT2D eigenvalue weighted by Gasteiger charge is 2.19. The summed E-state index contributed by atoms with van der Waals surface area (Å²) in [5.41, 5.74) is 2.66. The minimum Gasteiger partial charge on any atom is -0.472 e. The van der Waals surface area contributed by atoms with E-state index in [0.717, 1.165) is 12.2 Å². The smallest absolute Gasteiger partial charge is 0.131 e. The molecule has 0 radical (unpaired) electrons. The van der Waals surface area contributed by atoms with Gasteiger partial charge >= 0.3 is 0 Å². The molecule has 0 saturated heterocycles. The van der Waals surface area contributed by atoms with Crippen LogP contribution in [-0.2, 0) is 0 Å². The lowest BCUT2D eigenvalue weighted by Crippen LogP contribution is -1.99. The van der Waals surface area contributed by atoms with E-state index >= 15 is 0 Å². The van der Waals surface area contributed by atoms with Crippen LogP contribution in [0.15, 0.2) is 41.7 Å². The van der Waals surface area contributed by atoms with Gasteiger partial charge in [-0.1, -0.05) is 30.4 Å². The molecule has 0 bridgehead atoms. The van der Waals surface area contributed by atoms with E-state index in [2.05, 4.69) is 30.4 Å². The standard InChI is InChI=1S/C12H11OP/c1-3-7-11-9(5-1)10-6-2-4-8-12(10)14-13-11/h1-3,5-7,14H,4,8H2. The maximum Gasteiger partial charge on any atom is 0.131 e. The van der Waals surface area contributed by atoms with E-state index in [0.29, 0.717) is 8.81 Å². The van der Waals surface area contributed by atoms with Crippen LogP contribution in [0, 0.1) is 0 Å². The van der Waals surface area contributed by atoms with E-state index in [-0.39, 0.29) is 0 Å². The van der Waals surface area contributed by atoms with Crippen molar-refractivity contribution < 1.29 is 4.52 Å². The molecule has 0 N–H and O–H groups in total. The van der Waals surface area contributed by atoms with Crippen LogP contribution in [0.25, 0.3) is 5.57 Å². The van der Waals surface area contributed by atoms with Gasteiger partial charge in [0.1, 0.15) is 14.6 Å². The fourth-order valence-electron chi connectivity index (χ4n) is 1.92. The third-order valence-electron chi connectivity index (χ3n) is 2.63. The number of rotatable bonds is 0. The van der Waals surface area contributed by atoms with Gasteiger partial charge in [0.15, 0.2) is 0 Å². The average Bonchev–Trinajstić information content (AvgIpc) is 2.29. The molecule has 2 aliphatic rings. The first-order valence-electron chi connectivity index (χ1n) is 4.87. The molecule has 1 aromatic rings. The Morgan fingerprint density at radius 2 is 2.14 bits per heavy atom. The van der Waals surface area contributed by atoms with Crippen molar-refractivity contribution in [3.63, 3.8) is 0 Å². The Morgan fingerprint density at radius 3 is 3.14 bits per heavy atom. The lowest BCUT2D eigenvalue weighted by atomic mass is 9.98.